The van der Waals surface area contributed by atoms with Crippen LogP contribution in [-0.4, -0.2) is 141 Å². The Balaban J connectivity index is -0.0000000937. The number of nitrogens with one attached hydrogen (secondary N) is 5. The minimum absolute atomic E-state index is 0.00391. The van der Waals surface area contributed by atoms with Gasteiger partial charge in [-0.3, -0.25) is 9.89 Å². The molecule has 0 amide bonds. The Morgan fingerprint density at radius 1 is 0.373 bits per heavy atom. The van der Waals surface area contributed by atoms with E-state index in [1.54, 1.807) is 6.92 Å². The second kappa shape index (κ2) is 99.0. The van der Waals surface area contributed by atoms with Gasteiger partial charge in [0.05, 0.1) is 31.5 Å². The van der Waals surface area contributed by atoms with Gasteiger partial charge in [0.2, 0.25) is 0 Å². The van der Waals surface area contributed by atoms with Crippen LogP contribution in [0.5, 0.6) is 0 Å². The molecule has 0 aliphatic carbocycles. The number of hydroxylamine groups is 1. The van der Waals surface area contributed by atoms with Gasteiger partial charge in [0.25, 0.3) is 0 Å². The van der Waals surface area contributed by atoms with Crippen molar-refractivity contribution < 1.29 is 5.21 Å². The summed E-state index contributed by atoms with van der Waals surface area (Å²) in [6.45, 7) is 117. The predicted octanol–water partition coefficient (Wildman–Crippen LogP) is 30.8. The third-order valence-corrected chi connectivity index (χ3v) is 14.1. The van der Waals surface area contributed by atoms with E-state index in [0.29, 0.717) is 47.1 Å². The van der Waals surface area contributed by atoms with Gasteiger partial charge < -0.3 is 54.4 Å². The maximum atomic E-state index is 8.11. The van der Waals surface area contributed by atoms with Crippen LogP contribution in [0, 0.1) is 217 Å². The lowest BCUT2D eigenvalue weighted by atomic mass is 9.90. The van der Waals surface area contributed by atoms with Crippen LogP contribution in [0.3, 0.4) is 0 Å². The maximum Gasteiger partial charge on any atom is 0.102 e. The molecule has 0 aliphatic heterocycles. The van der Waals surface area contributed by atoms with Crippen molar-refractivity contribution in [2.45, 2.75) is 475 Å². The summed E-state index contributed by atoms with van der Waals surface area (Å²) >= 11 is 0. The van der Waals surface area contributed by atoms with Crippen LogP contribution in [-0.2, 0) is 0 Å². The molecule has 0 radical (unpaired) electrons. The highest BCUT2D eigenvalue weighted by atomic mass is 16.5. The summed E-state index contributed by atoms with van der Waals surface area (Å²) in [5, 5.41) is 24.4. The first kappa shape index (κ1) is 169. The van der Waals surface area contributed by atoms with Gasteiger partial charge in [0.1, 0.15) is 6.54 Å². The topological polar surface area (TPSA) is 215 Å². The molecule has 0 spiro atoms. The third-order valence-electron chi connectivity index (χ3n) is 14.1. The van der Waals surface area contributed by atoms with Gasteiger partial charge in [-0.2, -0.15) is 5.48 Å². The highest BCUT2D eigenvalue weighted by Crippen LogP contribution is 2.23. The molecule has 0 rings (SSSR count). The van der Waals surface area contributed by atoms with E-state index in [0.717, 1.165) is 103 Å². The van der Waals surface area contributed by atoms with Crippen molar-refractivity contribution in [1.82, 2.24) is 31.2 Å². The summed E-state index contributed by atoms with van der Waals surface area (Å²) < 4.78 is 0. The van der Waals surface area contributed by atoms with E-state index in [1.165, 1.54) is 51.4 Å². The lowest BCUT2D eigenvalue weighted by Gasteiger charge is -2.16. The fraction of sp³-hybridized carbons (Fsp3) is 0.783. The molecule has 0 saturated heterocycles. The Bertz CT molecular complexity index is 3640. The Morgan fingerprint density at radius 2 is 0.697 bits per heavy atom. The summed E-state index contributed by atoms with van der Waals surface area (Å²) in [5.41, 5.74) is 27.2. The highest BCUT2D eigenvalue weighted by Gasteiger charge is 2.13. The minimum Gasteiger partial charge on any atom is -0.388 e. The molecule has 13 nitrogen and oxygen atoms in total. The standard InChI is InChI=1S/C11H19N.C10H19N.C9H16N2.3C9H17N.C9H20.C9H18.C9H16.2C8H15N.C8H14.C7H13NO.C7H17N.C7H15N/c1-10(12)8-6-5-7-9-11(2,3)4;1-10(2,3)8-6-7-9-11(4)5;1-8(10)11-7-5-6-9(2,3)4;1-9(2,3)7-6-8-10(4)5;2*1-9(2,3)7-5-6-8-10-4;3*1-5-6-7-8-9(2,3)4;1-8(2,3)6-5-7-9-4;1-7(9)5-6-8(2,3)4;1-5-6-7-8(2,3)4;1-7(2,3)5-4-6-8-9;2*1-7(2,3)5-4-6-8/h12H,5-6,8H2,1-4H3;7,9H2,1-5H3;7H2,1-4H3,(H2,10,11);8H2,1-5H3;2*10H,6,8H2,1-4H3;5-8H2,1-4H3;7-8H,5-6H2,1-4H3;5-6H2,1-4H3;9H,7H2,1-4H3;7H,9H2,1-4H3;5H2,1-4H3;8-9H,6H2,1-3H3;4-6,8H2,1-3H3;4-5H,6,8H2,1-3H3/b;;;;;;;8-7+;;;;;;;5-4+. The highest BCUT2D eigenvalue weighted by molar-refractivity contribution is 5.78. The van der Waals surface area contributed by atoms with Crippen LogP contribution >= 0.6 is 0 Å². The van der Waals surface area contributed by atoms with Gasteiger partial charge in [-0.25, -0.2) is 0 Å². The van der Waals surface area contributed by atoms with E-state index in [-0.39, 0.29) is 65.6 Å². The molecule has 0 fully saturated rings. The number of nitrogens with two attached hydrogens (primary N) is 4. The van der Waals surface area contributed by atoms with Crippen molar-refractivity contribution in [3.63, 3.8) is 0 Å². The zero-order valence-corrected chi connectivity index (χ0v) is 106. The maximum absolute atomic E-state index is 8.11. The van der Waals surface area contributed by atoms with Crippen LogP contribution in [0.25, 0.3) is 0 Å². The van der Waals surface area contributed by atoms with Crippen molar-refractivity contribution in [1.29, 1.82) is 5.41 Å². The second-order valence-corrected chi connectivity index (χ2v) is 51.9. The number of hydrogen-bond acceptors (Lipinski definition) is 12. The molecule has 1 unspecified atom stereocenters. The molecule has 142 heavy (non-hydrogen) atoms. The number of aliphatic imine (C=N–C) groups is 1. The molecule has 0 aliphatic rings. The second-order valence-electron chi connectivity index (χ2n) is 51.9. The first-order valence-corrected chi connectivity index (χ1v) is 53.1. The molecule has 0 aromatic heterocycles. The van der Waals surface area contributed by atoms with Gasteiger partial charge in [0, 0.05) is 130 Å². The molecular weight excluding hydrogens is 1730 g/mol. The monoisotopic (exact) mass is 1980 g/mol. The summed E-state index contributed by atoms with van der Waals surface area (Å²) in [6, 6.07) is 0.00391. The fourth-order valence-electron chi connectivity index (χ4n) is 7.78. The number of allylic oxidation sites excluding steroid dienone is 3. The van der Waals surface area contributed by atoms with E-state index in [4.69, 9.17) is 33.6 Å². The van der Waals surface area contributed by atoms with Gasteiger partial charge in [-0.1, -0.05) is 255 Å². The quantitative estimate of drug-likeness (QED) is 0.0123. The molecule has 0 saturated carbocycles. The first-order valence-electron chi connectivity index (χ1n) is 53.1. The van der Waals surface area contributed by atoms with Crippen molar-refractivity contribution in [3.8, 4) is 130 Å². The van der Waals surface area contributed by atoms with Crippen LogP contribution in [0.4, 0.5) is 0 Å². The van der Waals surface area contributed by atoms with E-state index >= 15 is 0 Å². The number of nitrogens with zero attached hydrogens (tertiary/aromatic N) is 3. The molecule has 0 bridgehead atoms. The number of amidine groups is 1. The van der Waals surface area contributed by atoms with Crippen LogP contribution in [0.2, 0.25) is 0 Å². The summed E-state index contributed by atoms with van der Waals surface area (Å²) in [7, 11) is 14.0. The average Bonchev–Trinajstić information content (AvgIpc) is 0.981. The van der Waals surface area contributed by atoms with Crippen LogP contribution in [0.1, 0.15) is 469 Å². The predicted molar refractivity (Wildman–Crippen MR) is 653 cm³/mol. The Kier molecular flexibility index (Phi) is 118. The largest absolute Gasteiger partial charge is 0.388 e. The number of rotatable bonds is 22. The number of unbranched alkanes of at least 4 members (excludes halogenated alkanes) is 5. The van der Waals surface area contributed by atoms with E-state index in [2.05, 4.69) is 512 Å². The molecular formula is C129H248N12O. The lowest BCUT2D eigenvalue weighted by Crippen LogP contribution is -2.12. The van der Waals surface area contributed by atoms with Gasteiger partial charge in [-0.15, -0.1) is 35.5 Å². The van der Waals surface area contributed by atoms with Crippen molar-refractivity contribution >= 4 is 11.5 Å². The zero-order valence-electron chi connectivity index (χ0n) is 106. The summed E-state index contributed by atoms with van der Waals surface area (Å²) in [6.07, 6.45) is 27.9. The van der Waals surface area contributed by atoms with Gasteiger partial charge in [0.15, 0.2) is 0 Å². The van der Waals surface area contributed by atoms with E-state index < -0.39 is 0 Å². The zero-order chi connectivity index (χ0) is 116. The molecule has 0 aromatic rings. The van der Waals surface area contributed by atoms with Crippen LogP contribution < -0.4 is 44.4 Å². The van der Waals surface area contributed by atoms with Crippen molar-refractivity contribution in [3.05, 3.63) is 24.3 Å². The molecule has 14 N–H and O–H groups in total. The molecule has 1 atom stereocenters. The van der Waals surface area contributed by atoms with E-state index in [1.807, 2.05) is 81.4 Å². The molecule has 13 heteroatoms. The third kappa shape index (κ3) is 286. The summed E-state index contributed by atoms with van der Waals surface area (Å²) in [4.78, 5) is 8.17. The lowest BCUT2D eigenvalue weighted by molar-refractivity contribution is 0.181. The Morgan fingerprint density at radius 3 is 0.944 bits per heavy atom. The van der Waals surface area contributed by atoms with Crippen molar-refractivity contribution in [2.24, 2.45) is 109 Å². The number of hydrogen-bond donors (Lipinski definition) is 10. The molecule has 0 aromatic carbocycles. The van der Waals surface area contributed by atoms with E-state index in [9.17, 15) is 0 Å². The first-order chi connectivity index (χ1) is 63.7. The average molecular weight is 1980 g/mol. The normalized spacial score (nSPS) is 11.3. The SMILES string of the molecule is CC(=N)CCCC#CC(C)(C)C.CC(C)(C)/C=C/CN.CC(C)(C)C#CCNO.CC(C)(C)CCCN.CC(N)=NCC#CC(C)(C)C.CC(N)C#CC(C)(C)C.CCC#CC(C)(C)C.CCC/C=C/C(C)(C)C.CCCC#CC(C)(C)C.CCCCCC(C)(C)C.CN(C)CC#CC(C)(C)C.CN(C)CCC#CC(C)(C)C.CNCC#CC(C)(C)C.CNCCC#CC(C)(C)C.CNCCC#CC(C)(C)C. The Hall–Kier alpha value is -6.62. The summed E-state index contributed by atoms with van der Waals surface area (Å²) in [5.74, 6) is 68.3. The fourth-order valence-corrected chi connectivity index (χ4v) is 7.78. The van der Waals surface area contributed by atoms with Gasteiger partial charge >= 0.3 is 0 Å². The Labute approximate surface area is 895 Å². The van der Waals surface area contributed by atoms with Crippen LogP contribution in [0.15, 0.2) is 29.3 Å². The molecule has 0 heterocycles. The smallest absolute Gasteiger partial charge is 0.102 e. The van der Waals surface area contributed by atoms with Gasteiger partial charge in [-0.05, 0) is 372 Å². The minimum atomic E-state index is 0.00391. The van der Waals surface area contributed by atoms with Crippen molar-refractivity contribution in [2.75, 3.05) is 108 Å². The molecule has 830 valence electrons.